The Morgan fingerprint density at radius 3 is 2.95 bits per heavy atom. The fourth-order valence-electron chi connectivity index (χ4n) is 2.65. The molecule has 106 valence electrons. The molecule has 1 unspecified atom stereocenters. The molecule has 19 heavy (non-hydrogen) atoms. The van der Waals surface area contributed by atoms with Crippen LogP contribution in [0.3, 0.4) is 0 Å². The number of piperidine rings is 1. The van der Waals surface area contributed by atoms with Gasteiger partial charge in [0, 0.05) is 25.8 Å². The summed E-state index contributed by atoms with van der Waals surface area (Å²) in [5.74, 6) is -0.0717. The second kappa shape index (κ2) is 5.55. The van der Waals surface area contributed by atoms with Crippen molar-refractivity contribution in [3.63, 3.8) is 0 Å². The molecule has 2 heterocycles. The van der Waals surface area contributed by atoms with Crippen molar-refractivity contribution in [1.82, 2.24) is 15.2 Å². The van der Waals surface area contributed by atoms with Gasteiger partial charge in [0.15, 0.2) is 0 Å². The molecule has 5 heteroatoms. The highest BCUT2D eigenvalue weighted by molar-refractivity contribution is 6.31. The third kappa shape index (κ3) is 3.31. The summed E-state index contributed by atoms with van der Waals surface area (Å²) in [6.45, 7) is 6.17. The van der Waals surface area contributed by atoms with Gasteiger partial charge < -0.3 is 15.2 Å². The molecule has 1 aromatic heterocycles. The molecule has 0 saturated carbocycles. The number of aromatic nitrogens is 1. The number of hydrogen-bond donors (Lipinski definition) is 2. The number of halogens is 1. The van der Waals surface area contributed by atoms with E-state index in [1.165, 1.54) is 12.8 Å². The standard InChI is InChI=1S/C14H22ClN3O/c1-14(2)5-4-6-16-12(14)8-17-13(19)11-7-10(15)9-18(11)3/h7,9,12,16H,4-6,8H2,1-3H3,(H,17,19). The number of rotatable bonds is 3. The highest BCUT2D eigenvalue weighted by atomic mass is 35.5. The number of amides is 1. The predicted molar refractivity (Wildman–Crippen MR) is 77.6 cm³/mol. The van der Waals surface area contributed by atoms with Crippen LogP contribution in [0.1, 0.15) is 37.2 Å². The molecule has 1 aliphatic rings. The van der Waals surface area contributed by atoms with E-state index < -0.39 is 0 Å². The maximum Gasteiger partial charge on any atom is 0.268 e. The first-order valence-electron chi connectivity index (χ1n) is 6.73. The SMILES string of the molecule is Cn1cc(Cl)cc1C(=O)NCC1NCCCC1(C)C. The molecule has 1 atom stereocenters. The topological polar surface area (TPSA) is 46.1 Å². The molecule has 1 saturated heterocycles. The van der Waals surface area contributed by atoms with Crippen LogP contribution in [0.5, 0.6) is 0 Å². The minimum Gasteiger partial charge on any atom is -0.349 e. The Morgan fingerprint density at radius 2 is 2.37 bits per heavy atom. The minimum absolute atomic E-state index is 0.0717. The zero-order chi connectivity index (χ0) is 14.0. The van der Waals surface area contributed by atoms with E-state index in [-0.39, 0.29) is 11.3 Å². The van der Waals surface area contributed by atoms with Crippen LogP contribution in [0.25, 0.3) is 0 Å². The summed E-state index contributed by atoms with van der Waals surface area (Å²) in [6.07, 6.45) is 4.13. The van der Waals surface area contributed by atoms with Gasteiger partial charge in [-0.3, -0.25) is 4.79 Å². The Balaban J connectivity index is 1.95. The number of carbonyl (C=O) groups excluding carboxylic acids is 1. The zero-order valence-corrected chi connectivity index (χ0v) is 12.5. The van der Waals surface area contributed by atoms with Gasteiger partial charge in [0.2, 0.25) is 0 Å². The Labute approximate surface area is 119 Å². The Kier molecular flexibility index (Phi) is 4.21. The fraction of sp³-hybridized carbons (Fsp3) is 0.643. The normalized spacial score (nSPS) is 22.2. The molecule has 0 aliphatic carbocycles. The first-order chi connectivity index (χ1) is 8.90. The van der Waals surface area contributed by atoms with Crippen molar-refractivity contribution in [2.75, 3.05) is 13.1 Å². The Hall–Kier alpha value is -1.00. The molecule has 2 N–H and O–H groups in total. The van der Waals surface area contributed by atoms with Crippen LogP contribution >= 0.6 is 11.6 Å². The van der Waals surface area contributed by atoms with Crippen LogP contribution < -0.4 is 10.6 Å². The third-order valence-corrected chi connectivity index (χ3v) is 4.21. The Bertz CT molecular complexity index is 467. The van der Waals surface area contributed by atoms with E-state index in [4.69, 9.17) is 11.6 Å². The van der Waals surface area contributed by atoms with Crippen LogP contribution in [0, 0.1) is 5.41 Å². The van der Waals surface area contributed by atoms with Gasteiger partial charge >= 0.3 is 0 Å². The molecule has 1 fully saturated rings. The lowest BCUT2D eigenvalue weighted by atomic mass is 9.77. The van der Waals surface area contributed by atoms with Crippen LogP contribution in [0.4, 0.5) is 0 Å². The van der Waals surface area contributed by atoms with Crippen molar-refractivity contribution in [1.29, 1.82) is 0 Å². The van der Waals surface area contributed by atoms with E-state index in [1.807, 2.05) is 7.05 Å². The summed E-state index contributed by atoms with van der Waals surface area (Å²) in [5, 5.41) is 7.07. The van der Waals surface area contributed by atoms with Gasteiger partial charge in [-0.15, -0.1) is 0 Å². The highest BCUT2D eigenvalue weighted by Crippen LogP contribution is 2.29. The molecule has 0 aromatic carbocycles. The van der Waals surface area contributed by atoms with E-state index in [1.54, 1.807) is 16.8 Å². The predicted octanol–water partition coefficient (Wildman–Crippen LogP) is 2.19. The summed E-state index contributed by atoms with van der Waals surface area (Å²) in [6, 6.07) is 2.01. The maximum atomic E-state index is 12.1. The second-order valence-electron chi connectivity index (χ2n) is 5.96. The number of nitrogens with zero attached hydrogens (tertiary/aromatic N) is 1. The molecule has 0 bridgehead atoms. The van der Waals surface area contributed by atoms with Crippen LogP contribution in [-0.4, -0.2) is 29.6 Å². The molecule has 0 spiro atoms. The molecule has 1 aromatic rings. The zero-order valence-electron chi connectivity index (χ0n) is 11.8. The summed E-state index contributed by atoms with van der Waals surface area (Å²) in [5.41, 5.74) is 0.816. The van der Waals surface area contributed by atoms with E-state index in [0.29, 0.717) is 23.3 Å². The van der Waals surface area contributed by atoms with Gasteiger partial charge in [-0.1, -0.05) is 25.4 Å². The average Bonchev–Trinajstić information content (AvgIpc) is 2.66. The lowest BCUT2D eigenvalue weighted by Gasteiger charge is -2.39. The monoisotopic (exact) mass is 283 g/mol. The number of aryl methyl sites for hydroxylation is 1. The van der Waals surface area contributed by atoms with Crippen molar-refractivity contribution in [2.45, 2.75) is 32.7 Å². The second-order valence-corrected chi connectivity index (χ2v) is 6.40. The first kappa shape index (κ1) is 14.4. The number of carbonyl (C=O) groups is 1. The van der Waals surface area contributed by atoms with Crippen molar-refractivity contribution in [3.05, 3.63) is 23.0 Å². The van der Waals surface area contributed by atoms with Gasteiger partial charge in [-0.2, -0.15) is 0 Å². The molecule has 1 amide bonds. The Morgan fingerprint density at radius 1 is 1.63 bits per heavy atom. The van der Waals surface area contributed by atoms with Crippen LogP contribution in [0.2, 0.25) is 5.02 Å². The van der Waals surface area contributed by atoms with Gasteiger partial charge in [-0.05, 0) is 30.9 Å². The van der Waals surface area contributed by atoms with Crippen molar-refractivity contribution in [2.24, 2.45) is 12.5 Å². The largest absolute Gasteiger partial charge is 0.349 e. The van der Waals surface area contributed by atoms with E-state index >= 15 is 0 Å². The molecule has 2 rings (SSSR count). The first-order valence-corrected chi connectivity index (χ1v) is 7.11. The molecule has 1 aliphatic heterocycles. The summed E-state index contributed by atoms with van der Waals surface area (Å²) in [7, 11) is 1.82. The molecular formula is C14H22ClN3O. The van der Waals surface area contributed by atoms with Crippen LogP contribution in [0.15, 0.2) is 12.3 Å². The molecule has 4 nitrogen and oxygen atoms in total. The fourth-order valence-corrected chi connectivity index (χ4v) is 2.90. The quantitative estimate of drug-likeness (QED) is 0.893. The lowest BCUT2D eigenvalue weighted by molar-refractivity contribution is 0.0921. The van der Waals surface area contributed by atoms with E-state index in [9.17, 15) is 4.79 Å². The summed E-state index contributed by atoms with van der Waals surface area (Å²) >= 11 is 5.89. The summed E-state index contributed by atoms with van der Waals surface area (Å²) in [4.78, 5) is 12.1. The van der Waals surface area contributed by atoms with Crippen molar-refractivity contribution in [3.8, 4) is 0 Å². The summed E-state index contributed by atoms with van der Waals surface area (Å²) < 4.78 is 1.75. The smallest absolute Gasteiger partial charge is 0.268 e. The minimum atomic E-state index is -0.0717. The number of hydrogen-bond acceptors (Lipinski definition) is 2. The van der Waals surface area contributed by atoms with Crippen molar-refractivity contribution < 1.29 is 4.79 Å². The average molecular weight is 284 g/mol. The van der Waals surface area contributed by atoms with Gasteiger partial charge in [0.05, 0.1) is 5.02 Å². The van der Waals surface area contributed by atoms with E-state index in [0.717, 1.165) is 6.54 Å². The van der Waals surface area contributed by atoms with Crippen molar-refractivity contribution >= 4 is 17.5 Å². The van der Waals surface area contributed by atoms with Gasteiger partial charge in [-0.25, -0.2) is 0 Å². The number of nitrogens with one attached hydrogen (secondary N) is 2. The highest BCUT2D eigenvalue weighted by Gasteiger charge is 2.32. The lowest BCUT2D eigenvalue weighted by Crippen LogP contribution is -2.52. The maximum absolute atomic E-state index is 12.1. The van der Waals surface area contributed by atoms with Gasteiger partial charge in [0.25, 0.3) is 5.91 Å². The van der Waals surface area contributed by atoms with Crippen LogP contribution in [-0.2, 0) is 7.05 Å². The van der Waals surface area contributed by atoms with Gasteiger partial charge in [0.1, 0.15) is 5.69 Å². The molecular weight excluding hydrogens is 262 g/mol. The third-order valence-electron chi connectivity index (χ3n) is 4.00. The molecule has 0 radical (unpaired) electrons. The van der Waals surface area contributed by atoms with E-state index in [2.05, 4.69) is 24.5 Å².